The van der Waals surface area contributed by atoms with Gasteiger partial charge in [-0.2, -0.15) is 0 Å². The molecule has 0 aromatic rings. The van der Waals surface area contributed by atoms with Gasteiger partial charge in [-0.15, -0.1) is 13.2 Å². The number of ether oxygens (including phenoxy) is 1. The van der Waals surface area contributed by atoms with Crippen LogP contribution in [0.2, 0.25) is 0 Å². The second-order valence-corrected chi connectivity index (χ2v) is 3.94. The Balaban J connectivity index is 1.75. The van der Waals surface area contributed by atoms with Gasteiger partial charge in [0.1, 0.15) is 0 Å². The Bertz CT molecular complexity index is 152. The highest BCUT2D eigenvalue weighted by Gasteiger charge is 2.28. The summed E-state index contributed by atoms with van der Waals surface area (Å²) in [5.74, 6) is 0.932. The first-order chi connectivity index (χ1) is 6.58. The summed E-state index contributed by atoms with van der Waals surface area (Å²) < 4.78 is 38.2. The first-order valence-electron chi connectivity index (χ1n) is 5.28. The van der Waals surface area contributed by atoms with E-state index in [0.717, 1.165) is 25.2 Å². The third-order valence-electron chi connectivity index (χ3n) is 2.47. The maximum Gasteiger partial charge on any atom is 0.522 e. The van der Waals surface area contributed by atoms with E-state index in [4.69, 9.17) is 0 Å². The Morgan fingerprint density at radius 3 is 2.21 bits per heavy atom. The maximum atomic E-state index is 11.5. The highest BCUT2D eigenvalue weighted by Crippen LogP contribution is 2.34. The van der Waals surface area contributed by atoms with Crippen LogP contribution in [-0.4, -0.2) is 13.0 Å². The van der Waals surface area contributed by atoms with E-state index >= 15 is 0 Å². The molecule has 1 saturated carbocycles. The lowest BCUT2D eigenvalue weighted by molar-refractivity contribution is -0.324. The van der Waals surface area contributed by atoms with Crippen molar-refractivity contribution in [2.24, 2.45) is 5.92 Å². The molecule has 0 radical (unpaired) electrons. The minimum absolute atomic E-state index is 0.188. The zero-order valence-electron chi connectivity index (χ0n) is 8.28. The minimum atomic E-state index is -4.45. The van der Waals surface area contributed by atoms with E-state index in [1.807, 2.05) is 0 Å². The largest absolute Gasteiger partial charge is 0.522 e. The molecule has 1 fully saturated rings. The fourth-order valence-electron chi connectivity index (χ4n) is 1.48. The second kappa shape index (κ2) is 5.59. The maximum absolute atomic E-state index is 11.5. The molecule has 4 heteroatoms. The van der Waals surface area contributed by atoms with Crippen LogP contribution >= 0.6 is 0 Å². The van der Waals surface area contributed by atoms with Crippen molar-refractivity contribution in [2.45, 2.75) is 51.3 Å². The number of hydrogen-bond acceptors (Lipinski definition) is 1. The molecule has 1 aliphatic rings. The third-order valence-corrected chi connectivity index (χ3v) is 2.47. The summed E-state index contributed by atoms with van der Waals surface area (Å²) in [6.45, 7) is -0.188. The predicted molar refractivity (Wildman–Crippen MR) is 47.8 cm³/mol. The summed E-state index contributed by atoms with van der Waals surface area (Å²) >= 11 is 0. The van der Waals surface area contributed by atoms with E-state index in [-0.39, 0.29) is 6.61 Å². The van der Waals surface area contributed by atoms with Crippen molar-refractivity contribution in [1.82, 2.24) is 0 Å². The lowest BCUT2D eigenvalue weighted by atomic mass is 10.1. The van der Waals surface area contributed by atoms with Crippen molar-refractivity contribution in [3.05, 3.63) is 0 Å². The van der Waals surface area contributed by atoms with Gasteiger partial charge in [0.15, 0.2) is 0 Å². The Labute approximate surface area is 82.6 Å². The van der Waals surface area contributed by atoms with E-state index in [0.29, 0.717) is 6.42 Å². The van der Waals surface area contributed by atoms with Gasteiger partial charge in [0, 0.05) is 0 Å². The van der Waals surface area contributed by atoms with Gasteiger partial charge in [0.25, 0.3) is 0 Å². The third kappa shape index (κ3) is 7.18. The number of hydrogen-bond donors (Lipinski definition) is 0. The van der Waals surface area contributed by atoms with Gasteiger partial charge in [-0.1, -0.05) is 38.5 Å². The molecule has 0 aliphatic heterocycles. The van der Waals surface area contributed by atoms with Crippen LogP contribution in [0.25, 0.3) is 0 Å². The molecule has 0 aromatic heterocycles. The molecule has 1 rings (SSSR count). The zero-order chi connectivity index (χ0) is 10.4. The fourth-order valence-corrected chi connectivity index (χ4v) is 1.48. The van der Waals surface area contributed by atoms with Crippen molar-refractivity contribution < 1.29 is 17.9 Å². The van der Waals surface area contributed by atoms with Crippen molar-refractivity contribution >= 4 is 0 Å². The van der Waals surface area contributed by atoms with Gasteiger partial charge in [0.05, 0.1) is 6.61 Å². The molecular weight excluding hydrogens is 193 g/mol. The molecule has 0 bridgehead atoms. The smallest absolute Gasteiger partial charge is 0.292 e. The highest BCUT2D eigenvalue weighted by atomic mass is 19.4. The summed E-state index contributed by atoms with van der Waals surface area (Å²) in [4.78, 5) is 0. The molecule has 14 heavy (non-hydrogen) atoms. The topological polar surface area (TPSA) is 9.23 Å². The Hall–Kier alpha value is -0.250. The van der Waals surface area contributed by atoms with Crippen LogP contribution in [0.1, 0.15) is 44.9 Å². The van der Waals surface area contributed by atoms with Crippen LogP contribution < -0.4 is 0 Å². The van der Waals surface area contributed by atoms with Crippen LogP contribution in [-0.2, 0) is 4.74 Å². The first kappa shape index (κ1) is 11.8. The van der Waals surface area contributed by atoms with Crippen molar-refractivity contribution in [2.75, 3.05) is 6.61 Å². The van der Waals surface area contributed by atoms with Gasteiger partial charge in [-0.25, -0.2) is 0 Å². The Morgan fingerprint density at radius 2 is 1.64 bits per heavy atom. The first-order valence-corrected chi connectivity index (χ1v) is 5.28. The summed E-state index contributed by atoms with van der Waals surface area (Å²) in [6, 6.07) is 0. The zero-order valence-corrected chi connectivity index (χ0v) is 8.28. The Morgan fingerprint density at radius 1 is 1.00 bits per heavy atom. The summed E-state index contributed by atoms with van der Waals surface area (Å²) in [5, 5.41) is 0. The summed E-state index contributed by atoms with van der Waals surface area (Å²) in [5.41, 5.74) is 0. The SMILES string of the molecule is FC(F)(F)OCCCCCCC1CC1. The van der Waals surface area contributed by atoms with Crippen LogP contribution in [0.4, 0.5) is 13.2 Å². The molecule has 0 saturated heterocycles. The lowest BCUT2D eigenvalue weighted by Gasteiger charge is -2.06. The molecule has 84 valence electrons. The lowest BCUT2D eigenvalue weighted by Crippen LogP contribution is -2.13. The fraction of sp³-hybridized carbons (Fsp3) is 1.00. The van der Waals surface area contributed by atoms with Crippen LogP contribution in [0.5, 0.6) is 0 Å². The summed E-state index contributed by atoms with van der Waals surface area (Å²) in [6.07, 6.45) is 3.10. The number of alkyl halides is 3. The molecule has 0 unspecified atom stereocenters. The molecule has 1 aliphatic carbocycles. The number of rotatable bonds is 7. The summed E-state index contributed by atoms with van der Waals surface area (Å²) in [7, 11) is 0. The van der Waals surface area contributed by atoms with E-state index in [1.54, 1.807) is 0 Å². The minimum Gasteiger partial charge on any atom is -0.292 e. The number of halogens is 3. The van der Waals surface area contributed by atoms with Gasteiger partial charge >= 0.3 is 6.36 Å². The molecule has 0 aromatic carbocycles. The van der Waals surface area contributed by atoms with E-state index in [2.05, 4.69) is 4.74 Å². The standard InChI is InChI=1S/C10H17F3O/c11-10(12,13)14-8-4-2-1-3-5-9-6-7-9/h9H,1-8H2. The van der Waals surface area contributed by atoms with Crippen LogP contribution in [0, 0.1) is 5.92 Å². The van der Waals surface area contributed by atoms with E-state index in [9.17, 15) is 13.2 Å². The van der Waals surface area contributed by atoms with Gasteiger partial charge < -0.3 is 0 Å². The average molecular weight is 210 g/mol. The van der Waals surface area contributed by atoms with Gasteiger partial charge in [0.2, 0.25) is 0 Å². The second-order valence-electron chi connectivity index (χ2n) is 3.94. The average Bonchev–Trinajstić information content (AvgIpc) is 2.84. The molecule has 0 spiro atoms. The molecule has 0 N–H and O–H groups in total. The van der Waals surface area contributed by atoms with Gasteiger partial charge in [-0.05, 0) is 12.3 Å². The Kier molecular flexibility index (Phi) is 4.72. The van der Waals surface area contributed by atoms with Crippen molar-refractivity contribution in [3.63, 3.8) is 0 Å². The highest BCUT2D eigenvalue weighted by molar-refractivity contribution is 4.72. The molecular formula is C10H17F3O. The van der Waals surface area contributed by atoms with Crippen LogP contribution in [0.15, 0.2) is 0 Å². The predicted octanol–water partition coefficient (Wildman–Crippen LogP) is 3.88. The molecule has 1 nitrogen and oxygen atoms in total. The van der Waals surface area contributed by atoms with Crippen molar-refractivity contribution in [1.29, 1.82) is 0 Å². The van der Waals surface area contributed by atoms with E-state index in [1.165, 1.54) is 19.3 Å². The van der Waals surface area contributed by atoms with Crippen LogP contribution in [0.3, 0.4) is 0 Å². The normalized spacial score (nSPS) is 17.4. The number of unbranched alkanes of at least 4 members (excludes halogenated alkanes) is 3. The molecule has 0 atom stereocenters. The van der Waals surface area contributed by atoms with E-state index < -0.39 is 6.36 Å². The van der Waals surface area contributed by atoms with Gasteiger partial charge in [-0.3, -0.25) is 4.74 Å². The quantitative estimate of drug-likeness (QED) is 0.579. The monoisotopic (exact) mass is 210 g/mol. The molecule has 0 heterocycles. The van der Waals surface area contributed by atoms with Crippen molar-refractivity contribution in [3.8, 4) is 0 Å². The molecule has 0 amide bonds.